The minimum atomic E-state index is -1.59. The molecule has 0 bridgehead atoms. The third-order valence-electron chi connectivity index (χ3n) is 9.83. The van der Waals surface area contributed by atoms with Crippen molar-refractivity contribution in [3.8, 4) is 5.75 Å². The average Bonchev–Trinajstić information content (AvgIpc) is 3.43. The van der Waals surface area contributed by atoms with E-state index < -0.39 is 76.3 Å². The van der Waals surface area contributed by atoms with Crippen LogP contribution < -0.4 is 4.90 Å². The van der Waals surface area contributed by atoms with Crippen molar-refractivity contribution in [2.45, 2.75) is 24.2 Å². The lowest BCUT2D eigenvalue weighted by Gasteiger charge is -2.50. The van der Waals surface area contributed by atoms with Gasteiger partial charge >= 0.3 is 6.09 Å². The van der Waals surface area contributed by atoms with Gasteiger partial charge in [0.15, 0.2) is 11.6 Å². The number of phenols is 1. The van der Waals surface area contributed by atoms with Crippen LogP contribution in [0.1, 0.15) is 29.9 Å². The van der Waals surface area contributed by atoms with Gasteiger partial charge in [-0.2, -0.15) is 4.90 Å². The number of allylic oxidation sites excluding steroid dienone is 2. The van der Waals surface area contributed by atoms with Gasteiger partial charge in [0.25, 0.3) is 0 Å². The van der Waals surface area contributed by atoms with E-state index in [1.165, 1.54) is 18.2 Å². The van der Waals surface area contributed by atoms with Crippen molar-refractivity contribution >= 4 is 47.0 Å². The van der Waals surface area contributed by atoms with Crippen LogP contribution in [0.15, 0.2) is 84.4 Å². The smallest absolute Gasteiger partial charge is 0.423 e. The molecule has 11 heteroatoms. The summed E-state index contributed by atoms with van der Waals surface area (Å²) in [6, 6.07) is 19.0. The van der Waals surface area contributed by atoms with E-state index in [9.17, 15) is 24.3 Å². The lowest BCUT2D eigenvalue weighted by Crippen LogP contribution is -2.53. The number of carbonyl (C=O) groups excluding carboxylic acids is 5. The van der Waals surface area contributed by atoms with Gasteiger partial charge in [0, 0.05) is 10.9 Å². The van der Waals surface area contributed by atoms with Gasteiger partial charge in [-0.05, 0) is 60.2 Å². The first-order valence-corrected chi connectivity index (χ1v) is 14.8. The van der Waals surface area contributed by atoms with Crippen LogP contribution in [0.2, 0.25) is 5.02 Å². The van der Waals surface area contributed by atoms with Crippen molar-refractivity contribution in [2.24, 2.45) is 23.7 Å². The van der Waals surface area contributed by atoms with Gasteiger partial charge in [0.05, 0.1) is 36.0 Å². The molecule has 1 N–H and O–H groups in total. The van der Waals surface area contributed by atoms with Crippen molar-refractivity contribution in [3.05, 3.63) is 106 Å². The van der Waals surface area contributed by atoms with E-state index in [1.54, 1.807) is 54.6 Å². The summed E-state index contributed by atoms with van der Waals surface area (Å²) >= 11 is 6.29. The number of imide groups is 4. The van der Waals surface area contributed by atoms with Crippen LogP contribution in [0.3, 0.4) is 0 Å². The molecule has 9 nitrogen and oxygen atoms in total. The molecular formula is C34H26ClFN2O7. The van der Waals surface area contributed by atoms with Gasteiger partial charge in [-0.25, -0.2) is 14.1 Å². The van der Waals surface area contributed by atoms with E-state index >= 15 is 9.18 Å². The minimum absolute atomic E-state index is 0.00856. The van der Waals surface area contributed by atoms with E-state index in [0.717, 1.165) is 18.1 Å². The molecule has 228 valence electrons. The van der Waals surface area contributed by atoms with Gasteiger partial charge in [0.1, 0.15) is 0 Å². The lowest BCUT2D eigenvalue weighted by molar-refractivity contribution is -0.138. The van der Waals surface area contributed by atoms with Crippen molar-refractivity contribution in [2.75, 3.05) is 12.0 Å². The van der Waals surface area contributed by atoms with Crippen LogP contribution in [0, 0.1) is 29.5 Å². The number of ether oxygens (including phenoxy) is 1. The van der Waals surface area contributed by atoms with E-state index in [4.69, 9.17) is 16.3 Å². The Morgan fingerprint density at radius 2 is 1.71 bits per heavy atom. The second-order valence-corrected chi connectivity index (χ2v) is 12.2. The fourth-order valence-corrected chi connectivity index (χ4v) is 8.28. The highest BCUT2D eigenvalue weighted by Gasteiger charge is 2.70. The summed E-state index contributed by atoms with van der Waals surface area (Å²) in [5.74, 6) is -8.65. The van der Waals surface area contributed by atoms with E-state index in [0.29, 0.717) is 26.6 Å². The van der Waals surface area contributed by atoms with Crippen molar-refractivity contribution < 1.29 is 38.2 Å². The number of aromatic hydroxyl groups is 1. The second-order valence-electron chi connectivity index (χ2n) is 11.8. The molecule has 4 aliphatic rings. The third-order valence-corrected chi connectivity index (χ3v) is 10.1. The predicted molar refractivity (Wildman–Crippen MR) is 158 cm³/mol. The Hall–Kier alpha value is -4.83. The van der Waals surface area contributed by atoms with Crippen LogP contribution in [0.25, 0.3) is 0 Å². The van der Waals surface area contributed by atoms with Crippen molar-refractivity contribution in [3.63, 3.8) is 0 Å². The minimum Gasteiger partial charge on any atom is -0.505 e. The number of halogens is 2. The molecule has 7 rings (SSSR count). The zero-order valence-electron chi connectivity index (χ0n) is 23.9. The van der Waals surface area contributed by atoms with Crippen LogP contribution in [-0.4, -0.2) is 46.8 Å². The van der Waals surface area contributed by atoms with Crippen LogP contribution >= 0.6 is 11.6 Å². The molecule has 3 aromatic carbocycles. The fraction of sp³-hybridized carbons (Fsp3) is 0.265. The Morgan fingerprint density at radius 3 is 2.40 bits per heavy atom. The number of amides is 5. The van der Waals surface area contributed by atoms with Gasteiger partial charge in [-0.1, -0.05) is 65.7 Å². The van der Waals surface area contributed by atoms with Gasteiger partial charge < -0.3 is 9.84 Å². The topological polar surface area (TPSA) is 121 Å². The number of benzene rings is 3. The Morgan fingerprint density at radius 1 is 0.956 bits per heavy atom. The number of hydrogen-bond acceptors (Lipinski definition) is 7. The van der Waals surface area contributed by atoms with Crippen LogP contribution in [0.4, 0.5) is 14.9 Å². The number of methoxy groups -OCH3 is 1. The number of likely N-dealkylation sites (tertiary alicyclic amines) is 1. The molecule has 1 saturated carbocycles. The number of fused-ring (bicyclic) bond motifs is 4. The first-order valence-electron chi connectivity index (χ1n) is 14.4. The number of phenolic OH excluding ortho intramolecular Hbond substituents is 1. The summed E-state index contributed by atoms with van der Waals surface area (Å²) in [5, 5.41) is 10.4. The maximum absolute atomic E-state index is 15.1. The summed E-state index contributed by atoms with van der Waals surface area (Å²) in [7, 11) is 1.08. The fourth-order valence-electron chi connectivity index (χ4n) is 8.09. The molecule has 2 aliphatic heterocycles. The molecule has 0 radical (unpaired) electrons. The van der Waals surface area contributed by atoms with E-state index in [1.807, 2.05) is 0 Å². The Kier molecular flexibility index (Phi) is 6.67. The molecule has 5 amide bonds. The summed E-state index contributed by atoms with van der Waals surface area (Å²) in [5.41, 5.74) is 0.0830. The lowest BCUT2D eigenvalue weighted by atomic mass is 9.49. The zero-order valence-corrected chi connectivity index (χ0v) is 24.6. The van der Waals surface area contributed by atoms with Crippen LogP contribution in [-0.2, 0) is 29.3 Å². The highest BCUT2D eigenvalue weighted by molar-refractivity contribution is 6.32. The zero-order chi connectivity index (χ0) is 31.8. The standard InChI is InChI=1S/C34H26ClFN2O7/c1-45-33(44)38-29(40)22-12-11-21-23(27(22)31(38)42)16-24-30(41)37(20-9-5-8-19(35)15-20)32(43)34(24,18-6-3-2-4-7-18)28(21)17-10-13-26(39)25(36)14-17/h2-11,13-15,22-24,27-28,39H,12,16H2,1H3. The second kappa shape index (κ2) is 10.4. The van der Waals surface area contributed by atoms with Crippen molar-refractivity contribution in [1.29, 1.82) is 0 Å². The maximum Gasteiger partial charge on any atom is 0.423 e. The molecular weight excluding hydrogens is 603 g/mol. The number of carbonyl (C=O) groups is 5. The molecule has 2 heterocycles. The molecule has 45 heavy (non-hydrogen) atoms. The molecule has 3 fully saturated rings. The Balaban J connectivity index is 1.49. The average molecular weight is 629 g/mol. The Labute approximate surface area is 261 Å². The number of anilines is 1. The van der Waals surface area contributed by atoms with Gasteiger partial charge in [-0.3, -0.25) is 19.2 Å². The number of hydrogen-bond donors (Lipinski definition) is 1. The quantitative estimate of drug-likeness (QED) is 0.316. The molecule has 0 spiro atoms. The van der Waals surface area contributed by atoms with Gasteiger partial charge in [-0.15, -0.1) is 0 Å². The molecule has 2 aliphatic carbocycles. The first-order chi connectivity index (χ1) is 21.6. The summed E-state index contributed by atoms with van der Waals surface area (Å²) in [4.78, 5) is 70.8. The third kappa shape index (κ3) is 3.94. The predicted octanol–water partition coefficient (Wildman–Crippen LogP) is 5.11. The highest BCUT2D eigenvalue weighted by atomic mass is 35.5. The number of rotatable bonds is 3. The molecule has 3 aromatic rings. The van der Waals surface area contributed by atoms with Crippen molar-refractivity contribution in [1.82, 2.24) is 4.90 Å². The monoisotopic (exact) mass is 628 g/mol. The number of nitrogens with zero attached hydrogens (tertiary/aromatic N) is 2. The van der Waals surface area contributed by atoms with Crippen LogP contribution in [0.5, 0.6) is 5.75 Å². The SMILES string of the molecule is COC(=O)N1C(=O)C2CC=C3C(CC4C(=O)N(c5cccc(Cl)c5)C(=O)C4(c4ccccc4)C3c3ccc(O)c(F)c3)C2C1=O. The first kappa shape index (κ1) is 28.9. The molecule has 0 aromatic heterocycles. The molecule has 6 unspecified atom stereocenters. The molecule has 2 saturated heterocycles. The Bertz CT molecular complexity index is 1840. The van der Waals surface area contributed by atoms with Gasteiger partial charge in [0.2, 0.25) is 23.6 Å². The van der Waals surface area contributed by atoms with E-state index in [-0.39, 0.29) is 18.5 Å². The normalized spacial score (nSPS) is 28.9. The summed E-state index contributed by atoms with van der Waals surface area (Å²) in [6.07, 6.45) is 0.788. The van der Waals surface area contributed by atoms with E-state index in [2.05, 4.69) is 0 Å². The summed E-state index contributed by atoms with van der Waals surface area (Å²) < 4.78 is 19.8. The highest BCUT2D eigenvalue weighted by Crippen LogP contribution is 2.64. The summed E-state index contributed by atoms with van der Waals surface area (Å²) in [6.45, 7) is 0. The largest absolute Gasteiger partial charge is 0.505 e. The molecule has 6 atom stereocenters. The maximum atomic E-state index is 15.1.